The van der Waals surface area contributed by atoms with Crippen LogP contribution in [0.2, 0.25) is 0 Å². The molecule has 1 aliphatic carbocycles. The van der Waals surface area contributed by atoms with Gasteiger partial charge in [-0.25, -0.2) is 4.79 Å². The molecule has 1 aliphatic rings. The summed E-state index contributed by atoms with van der Waals surface area (Å²) in [6, 6.07) is 3.17. The number of benzene rings is 1. The number of carboxylic acids is 1. The first-order chi connectivity index (χ1) is 6.59. The predicted octanol–water partition coefficient (Wildman–Crippen LogP) is 1.82. The van der Waals surface area contributed by atoms with Gasteiger partial charge in [0.1, 0.15) is 0 Å². The Labute approximate surface area is 81.4 Å². The lowest BCUT2D eigenvalue weighted by Crippen LogP contribution is -2.01. The molecular weight excluding hydrogens is 180 g/mol. The molecular formula is C11H10O3. The smallest absolute Gasteiger partial charge is 0.335 e. The number of carboxylic acid groups (broad SMARTS) is 1. The van der Waals surface area contributed by atoms with E-state index in [4.69, 9.17) is 5.11 Å². The van der Waals surface area contributed by atoms with Crippen molar-refractivity contribution in [3.05, 3.63) is 34.4 Å². The van der Waals surface area contributed by atoms with Crippen LogP contribution in [0.15, 0.2) is 12.1 Å². The minimum atomic E-state index is -0.935. The van der Waals surface area contributed by atoms with Crippen LogP contribution in [0, 0.1) is 6.92 Å². The largest absolute Gasteiger partial charge is 0.478 e. The van der Waals surface area contributed by atoms with Gasteiger partial charge in [0, 0.05) is 12.0 Å². The summed E-state index contributed by atoms with van der Waals surface area (Å²) in [5.74, 6) is -0.801. The third kappa shape index (κ3) is 1.21. The van der Waals surface area contributed by atoms with E-state index in [1.807, 2.05) is 0 Å². The van der Waals surface area contributed by atoms with Crippen LogP contribution in [0.4, 0.5) is 0 Å². The molecule has 3 nitrogen and oxygen atoms in total. The summed E-state index contributed by atoms with van der Waals surface area (Å²) in [6.45, 7) is 1.79. The van der Waals surface area contributed by atoms with Crippen LogP contribution >= 0.6 is 0 Å². The lowest BCUT2D eigenvalue weighted by atomic mass is 10.0. The van der Waals surface area contributed by atoms with E-state index in [1.54, 1.807) is 19.1 Å². The van der Waals surface area contributed by atoms with E-state index in [0.717, 1.165) is 16.7 Å². The van der Waals surface area contributed by atoms with Crippen molar-refractivity contribution in [2.24, 2.45) is 0 Å². The Morgan fingerprint density at radius 2 is 2.07 bits per heavy atom. The van der Waals surface area contributed by atoms with Gasteiger partial charge >= 0.3 is 5.97 Å². The molecule has 1 N–H and O–H groups in total. The molecule has 0 unspecified atom stereocenters. The number of rotatable bonds is 1. The fourth-order valence-electron chi connectivity index (χ4n) is 1.95. The summed E-state index contributed by atoms with van der Waals surface area (Å²) in [6.07, 6.45) is 1.19. The summed E-state index contributed by atoms with van der Waals surface area (Å²) in [5.41, 5.74) is 2.67. The van der Waals surface area contributed by atoms with Gasteiger partial charge in [0.25, 0.3) is 0 Å². The maximum absolute atomic E-state index is 11.4. The Morgan fingerprint density at radius 3 is 2.71 bits per heavy atom. The maximum Gasteiger partial charge on any atom is 0.335 e. The van der Waals surface area contributed by atoms with Crippen LogP contribution < -0.4 is 0 Å². The molecule has 0 atom stereocenters. The number of ketones is 1. The summed E-state index contributed by atoms with van der Waals surface area (Å²) >= 11 is 0. The molecule has 0 fully saturated rings. The maximum atomic E-state index is 11.4. The van der Waals surface area contributed by atoms with Gasteiger partial charge in [-0.3, -0.25) is 4.79 Å². The quantitative estimate of drug-likeness (QED) is 0.734. The lowest BCUT2D eigenvalue weighted by molar-refractivity contribution is 0.0696. The van der Waals surface area contributed by atoms with Gasteiger partial charge in [-0.05, 0) is 36.6 Å². The van der Waals surface area contributed by atoms with E-state index in [0.29, 0.717) is 12.8 Å². The first kappa shape index (κ1) is 8.94. The average molecular weight is 190 g/mol. The molecule has 14 heavy (non-hydrogen) atoms. The van der Waals surface area contributed by atoms with E-state index in [9.17, 15) is 9.59 Å². The van der Waals surface area contributed by atoms with Crippen molar-refractivity contribution in [1.82, 2.24) is 0 Å². The predicted molar refractivity (Wildman–Crippen MR) is 50.8 cm³/mol. The second-order valence-electron chi connectivity index (χ2n) is 3.56. The second-order valence-corrected chi connectivity index (χ2v) is 3.56. The molecule has 2 rings (SSSR count). The number of Topliss-reactive ketones (excluding diaryl/α,β-unsaturated/α-hetero) is 1. The highest BCUT2D eigenvalue weighted by atomic mass is 16.4. The molecule has 0 saturated heterocycles. The third-order valence-electron chi connectivity index (χ3n) is 2.56. The molecule has 0 saturated carbocycles. The Bertz CT molecular complexity index is 432. The van der Waals surface area contributed by atoms with Crippen molar-refractivity contribution < 1.29 is 14.7 Å². The monoisotopic (exact) mass is 190 g/mol. The number of carbonyl (C=O) groups is 2. The zero-order valence-electron chi connectivity index (χ0n) is 7.83. The number of hydrogen-bond acceptors (Lipinski definition) is 2. The van der Waals surface area contributed by atoms with Gasteiger partial charge in [-0.1, -0.05) is 0 Å². The summed E-state index contributed by atoms with van der Waals surface area (Å²) in [7, 11) is 0. The topological polar surface area (TPSA) is 54.4 Å². The SMILES string of the molecule is Cc1cc(C(=O)O)cc2c1C(=O)CC2. The van der Waals surface area contributed by atoms with Gasteiger partial charge in [-0.15, -0.1) is 0 Å². The van der Waals surface area contributed by atoms with Crippen LogP contribution in [0.5, 0.6) is 0 Å². The lowest BCUT2D eigenvalue weighted by Gasteiger charge is -2.04. The second kappa shape index (κ2) is 2.94. The van der Waals surface area contributed by atoms with Crippen LogP contribution in [0.3, 0.4) is 0 Å². The molecule has 0 bridgehead atoms. The summed E-state index contributed by atoms with van der Waals surface area (Å²) in [4.78, 5) is 22.2. The van der Waals surface area contributed by atoms with E-state index in [2.05, 4.69) is 0 Å². The number of carbonyl (C=O) groups excluding carboxylic acids is 1. The summed E-state index contributed by atoms with van der Waals surface area (Å²) in [5, 5.41) is 8.82. The van der Waals surface area contributed by atoms with Crippen LogP contribution in [-0.4, -0.2) is 16.9 Å². The van der Waals surface area contributed by atoms with E-state index < -0.39 is 5.97 Å². The van der Waals surface area contributed by atoms with Gasteiger partial charge < -0.3 is 5.11 Å². The standard InChI is InChI=1S/C11H10O3/c1-6-4-8(11(13)14)5-7-2-3-9(12)10(6)7/h4-5H,2-3H2,1H3,(H,13,14). The number of aryl methyl sites for hydroxylation is 2. The zero-order valence-corrected chi connectivity index (χ0v) is 7.83. The Kier molecular flexibility index (Phi) is 1.88. The van der Waals surface area contributed by atoms with E-state index >= 15 is 0 Å². The molecule has 0 heterocycles. The average Bonchev–Trinajstić information content (AvgIpc) is 2.48. The van der Waals surface area contributed by atoms with Gasteiger partial charge in [0.2, 0.25) is 0 Å². The number of fused-ring (bicyclic) bond motifs is 1. The normalized spacial score (nSPS) is 14.2. The first-order valence-electron chi connectivity index (χ1n) is 4.49. The highest BCUT2D eigenvalue weighted by Gasteiger charge is 2.23. The molecule has 0 spiro atoms. The molecule has 1 aromatic carbocycles. The number of aromatic carboxylic acids is 1. The van der Waals surface area contributed by atoms with E-state index in [-0.39, 0.29) is 11.3 Å². The Hall–Kier alpha value is -1.64. The minimum absolute atomic E-state index is 0.134. The Balaban J connectivity index is 2.62. The third-order valence-corrected chi connectivity index (χ3v) is 2.56. The van der Waals surface area contributed by atoms with Gasteiger partial charge in [-0.2, -0.15) is 0 Å². The van der Waals surface area contributed by atoms with Crippen molar-refractivity contribution in [3.63, 3.8) is 0 Å². The molecule has 0 radical (unpaired) electrons. The van der Waals surface area contributed by atoms with Crippen LogP contribution in [0.1, 0.15) is 38.3 Å². The van der Waals surface area contributed by atoms with Crippen LogP contribution in [-0.2, 0) is 6.42 Å². The van der Waals surface area contributed by atoms with E-state index in [1.165, 1.54) is 0 Å². The molecule has 1 aromatic rings. The van der Waals surface area contributed by atoms with Gasteiger partial charge in [0.15, 0.2) is 5.78 Å². The summed E-state index contributed by atoms with van der Waals surface area (Å²) < 4.78 is 0. The molecule has 0 amide bonds. The van der Waals surface area contributed by atoms with Crippen LogP contribution in [0.25, 0.3) is 0 Å². The van der Waals surface area contributed by atoms with Crippen molar-refractivity contribution >= 4 is 11.8 Å². The molecule has 3 heteroatoms. The van der Waals surface area contributed by atoms with Crippen molar-refractivity contribution in [2.45, 2.75) is 19.8 Å². The van der Waals surface area contributed by atoms with Crippen molar-refractivity contribution in [3.8, 4) is 0 Å². The fourth-order valence-corrected chi connectivity index (χ4v) is 1.95. The minimum Gasteiger partial charge on any atom is -0.478 e. The zero-order chi connectivity index (χ0) is 10.3. The molecule has 0 aliphatic heterocycles. The number of hydrogen-bond donors (Lipinski definition) is 1. The van der Waals surface area contributed by atoms with Gasteiger partial charge in [0.05, 0.1) is 5.56 Å². The van der Waals surface area contributed by atoms with Crippen molar-refractivity contribution in [1.29, 1.82) is 0 Å². The Morgan fingerprint density at radius 1 is 1.36 bits per heavy atom. The van der Waals surface area contributed by atoms with Crippen molar-refractivity contribution in [2.75, 3.05) is 0 Å². The fraction of sp³-hybridized carbons (Fsp3) is 0.273. The highest BCUT2D eigenvalue weighted by Crippen LogP contribution is 2.26. The molecule has 72 valence electrons. The first-order valence-corrected chi connectivity index (χ1v) is 4.49. The molecule has 0 aromatic heterocycles. The highest BCUT2D eigenvalue weighted by molar-refractivity contribution is 6.03.